The number of nitrogens with zero attached hydrogens (tertiary/aromatic N) is 3. The first-order valence-electron chi connectivity index (χ1n) is 7.68. The average Bonchev–Trinajstić information content (AvgIpc) is 2.62. The predicted octanol–water partition coefficient (Wildman–Crippen LogP) is 4.26. The Morgan fingerprint density at radius 2 is 1.89 bits per heavy atom. The molecule has 0 radical (unpaired) electrons. The maximum atomic E-state index is 13.4. The molecule has 5 nitrogen and oxygen atoms in total. The van der Waals surface area contributed by atoms with Crippen LogP contribution in [0.1, 0.15) is 21.6 Å². The molecule has 3 rings (SSSR count). The number of pyridine rings is 1. The van der Waals surface area contributed by atoms with Gasteiger partial charge in [0, 0.05) is 18.0 Å². The zero-order chi connectivity index (χ0) is 19.6. The number of aromatic nitrogens is 3. The summed E-state index contributed by atoms with van der Waals surface area (Å²) in [5.74, 6) is -1.50. The lowest BCUT2D eigenvalue weighted by Gasteiger charge is -2.11. The number of halogens is 4. The van der Waals surface area contributed by atoms with Crippen LogP contribution in [0.25, 0.3) is 11.1 Å². The monoisotopic (exact) mass is 376 g/mol. The van der Waals surface area contributed by atoms with Crippen molar-refractivity contribution in [1.29, 1.82) is 0 Å². The van der Waals surface area contributed by atoms with Crippen LogP contribution in [0.5, 0.6) is 0 Å². The van der Waals surface area contributed by atoms with E-state index in [0.29, 0.717) is 29.1 Å². The normalized spacial score (nSPS) is 11.3. The van der Waals surface area contributed by atoms with Crippen molar-refractivity contribution in [2.24, 2.45) is 0 Å². The lowest BCUT2D eigenvalue weighted by Crippen LogP contribution is -2.16. The Hall–Kier alpha value is -3.36. The average molecular weight is 376 g/mol. The van der Waals surface area contributed by atoms with Gasteiger partial charge in [-0.2, -0.15) is 22.7 Å². The van der Waals surface area contributed by atoms with E-state index in [1.807, 2.05) is 0 Å². The maximum Gasteiger partial charge on any atom is 0.418 e. The molecule has 0 aliphatic carbocycles. The summed E-state index contributed by atoms with van der Waals surface area (Å²) < 4.78 is 51.6. The minimum atomic E-state index is -4.63. The molecule has 0 aliphatic heterocycles. The Morgan fingerprint density at radius 1 is 1.11 bits per heavy atom. The van der Waals surface area contributed by atoms with Crippen molar-refractivity contribution >= 4 is 11.6 Å². The molecule has 0 unspecified atom stereocenters. The molecule has 0 fully saturated rings. The Morgan fingerprint density at radius 3 is 2.59 bits per heavy atom. The van der Waals surface area contributed by atoms with Gasteiger partial charge in [-0.15, -0.1) is 5.10 Å². The van der Waals surface area contributed by atoms with E-state index in [2.05, 4.69) is 20.5 Å². The van der Waals surface area contributed by atoms with Crippen LogP contribution in [-0.2, 0) is 6.18 Å². The van der Waals surface area contributed by atoms with Crippen LogP contribution in [0, 0.1) is 12.9 Å². The molecular weight excluding hydrogens is 364 g/mol. The Balaban J connectivity index is 1.88. The van der Waals surface area contributed by atoms with Crippen molar-refractivity contribution in [2.45, 2.75) is 13.1 Å². The SMILES string of the molecule is Cc1ccc(NC(=O)c2cc(C(F)(F)F)cnn2)cc1-c1ccnc(F)c1. The fourth-order valence-electron chi connectivity index (χ4n) is 2.41. The number of nitrogens with one attached hydrogen (secondary N) is 1. The summed E-state index contributed by atoms with van der Waals surface area (Å²) in [5.41, 5.74) is 0.787. The van der Waals surface area contributed by atoms with Crippen LogP contribution < -0.4 is 5.32 Å². The standard InChI is InChI=1S/C18H12F4N4O/c1-10-2-3-13(8-14(10)11-4-5-23-16(19)6-11)25-17(27)15-7-12(9-24-26-15)18(20,21)22/h2-9H,1H3,(H,25,27). The van der Waals surface area contributed by atoms with E-state index in [1.54, 1.807) is 31.2 Å². The number of hydrogen-bond acceptors (Lipinski definition) is 4. The fraction of sp³-hybridized carbons (Fsp3) is 0.111. The topological polar surface area (TPSA) is 67.8 Å². The van der Waals surface area contributed by atoms with Gasteiger partial charge in [0.2, 0.25) is 5.95 Å². The van der Waals surface area contributed by atoms with Gasteiger partial charge in [-0.25, -0.2) is 4.98 Å². The van der Waals surface area contributed by atoms with Gasteiger partial charge in [-0.05, 0) is 47.9 Å². The first-order valence-corrected chi connectivity index (χ1v) is 7.68. The Labute approximate surface area is 151 Å². The Kier molecular flexibility index (Phi) is 4.85. The molecule has 0 atom stereocenters. The third-order valence-electron chi connectivity index (χ3n) is 3.75. The summed E-state index contributed by atoms with van der Waals surface area (Å²) in [6.07, 6.45) is -2.78. The molecule has 0 aliphatic rings. The number of carbonyl (C=O) groups excluding carboxylic acids is 1. The molecule has 3 aromatic rings. The summed E-state index contributed by atoms with van der Waals surface area (Å²) in [4.78, 5) is 15.7. The molecule has 0 spiro atoms. The number of rotatable bonds is 3. The molecule has 0 saturated heterocycles. The van der Waals surface area contributed by atoms with Crippen molar-refractivity contribution in [3.8, 4) is 11.1 Å². The highest BCUT2D eigenvalue weighted by Gasteiger charge is 2.32. The highest BCUT2D eigenvalue weighted by Crippen LogP contribution is 2.29. The smallest absolute Gasteiger partial charge is 0.321 e. The van der Waals surface area contributed by atoms with Crippen molar-refractivity contribution in [3.63, 3.8) is 0 Å². The summed E-state index contributed by atoms with van der Waals surface area (Å²) in [7, 11) is 0. The van der Waals surface area contributed by atoms with Crippen molar-refractivity contribution in [3.05, 3.63) is 71.6 Å². The third-order valence-corrected chi connectivity index (χ3v) is 3.75. The molecule has 0 saturated carbocycles. The zero-order valence-electron chi connectivity index (χ0n) is 13.9. The minimum absolute atomic E-state index is 0.317. The van der Waals surface area contributed by atoms with E-state index in [1.165, 1.54) is 12.3 Å². The van der Waals surface area contributed by atoms with Crippen LogP contribution in [0.4, 0.5) is 23.2 Å². The zero-order valence-corrected chi connectivity index (χ0v) is 13.9. The Bertz CT molecular complexity index is 1000. The quantitative estimate of drug-likeness (QED) is 0.548. The number of aryl methyl sites for hydroxylation is 1. The predicted molar refractivity (Wildman–Crippen MR) is 89.4 cm³/mol. The van der Waals surface area contributed by atoms with E-state index in [4.69, 9.17) is 0 Å². The summed E-state index contributed by atoms with van der Waals surface area (Å²) in [5, 5.41) is 9.13. The molecule has 138 valence electrons. The number of benzene rings is 1. The van der Waals surface area contributed by atoms with E-state index < -0.39 is 29.3 Å². The maximum absolute atomic E-state index is 13.4. The van der Waals surface area contributed by atoms with Gasteiger partial charge >= 0.3 is 6.18 Å². The van der Waals surface area contributed by atoms with Crippen LogP contribution in [-0.4, -0.2) is 21.1 Å². The number of hydrogen-bond donors (Lipinski definition) is 1. The van der Waals surface area contributed by atoms with E-state index >= 15 is 0 Å². The van der Waals surface area contributed by atoms with E-state index in [0.717, 1.165) is 5.56 Å². The first kappa shape index (κ1) is 18.4. The second kappa shape index (κ2) is 7.10. The van der Waals surface area contributed by atoms with Gasteiger partial charge in [0.1, 0.15) is 0 Å². The molecule has 2 heterocycles. The second-order valence-electron chi connectivity index (χ2n) is 5.68. The first-order chi connectivity index (χ1) is 12.7. The van der Waals surface area contributed by atoms with Gasteiger partial charge < -0.3 is 5.32 Å². The molecular formula is C18H12F4N4O. The van der Waals surface area contributed by atoms with Gasteiger partial charge in [0.25, 0.3) is 5.91 Å². The number of carbonyl (C=O) groups is 1. The molecule has 9 heteroatoms. The van der Waals surface area contributed by atoms with Gasteiger partial charge in [0.05, 0.1) is 11.8 Å². The third kappa shape index (κ3) is 4.25. The van der Waals surface area contributed by atoms with Gasteiger partial charge in [-0.3, -0.25) is 4.79 Å². The largest absolute Gasteiger partial charge is 0.418 e. The highest BCUT2D eigenvalue weighted by atomic mass is 19.4. The second-order valence-corrected chi connectivity index (χ2v) is 5.68. The van der Waals surface area contributed by atoms with E-state index in [-0.39, 0.29) is 0 Å². The molecule has 0 bridgehead atoms. The summed E-state index contributed by atoms with van der Waals surface area (Å²) in [6.45, 7) is 1.80. The van der Waals surface area contributed by atoms with Crippen molar-refractivity contribution in [2.75, 3.05) is 5.32 Å². The van der Waals surface area contributed by atoms with Crippen molar-refractivity contribution in [1.82, 2.24) is 15.2 Å². The molecule has 1 amide bonds. The molecule has 1 N–H and O–H groups in total. The summed E-state index contributed by atoms with van der Waals surface area (Å²) >= 11 is 0. The number of anilines is 1. The minimum Gasteiger partial charge on any atom is -0.321 e. The van der Waals surface area contributed by atoms with Crippen LogP contribution >= 0.6 is 0 Å². The number of amides is 1. The van der Waals surface area contributed by atoms with Crippen LogP contribution in [0.15, 0.2) is 48.8 Å². The lowest BCUT2D eigenvalue weighted by molar-refractivity contribution is -0.137. The highest BCUT2D eigenvalue weighted by molar-refractivity contribution is 6.03. The van der Waals surface area contributed by atoms with E-state index in [9.17, 15) is 22.4 Å². The number of alkyl halides is 3. The fourth-order valence-corrected chi connectivity index (χ4v) is 2.41. The van der Waals surface area contributed by atoms with Gasteiger partial charge in [-0.1, -0.05) is 6.07 Å². The van der Waals surface area contributed by atoms with Gasteiger partial charge in [0.15, 0.2) is 5.69 Å². The summed E-state index contributed by atoms with van der Waals surface area (Å²) in [6, 6.07) is 8.33. The van der Waals surface area contributed by atoms with Crippen LogP contribution in [0.3, 0.4) is 0 Å². The molecule has 1 aromatic carbocycles. The molecule has 27 heavy (non-hydrogen) atoms. The van der Waals surface area contributed by atoms with Crippen LogP contribution in [0.2, 0.25) is 0 Å². The van der Waals surface area contributed by atoms with Crippen molar-refractivity contribution < 1.29 is 22.4 Å². The lowest BCUT2D eigenvalue weighted by atomic mass is 10.0. The molecule has 2 aromatic heterocycles.